The first-order chi connectivity index (χ1) is 11.4. The lowest BCUT2D eigenvalue weighted by Crippen LogP contribution is -2.04. The maximum Gasteiger partial charge on any atom is 0.416 e. The molecule has 3 aromatic carbocycles. The predicted octanol–water partition coefficient (Wildman–Crippen LogP) is 5.27. The van der Waals surface area contributed by atoms with Gasteiger partial charge >= 0.3 is 6.18 Å². The SMILES string of the molecule is N#Cc1cc2ccc(-c3cccc(C(F)(F)F)c3)cc2cc1C#N. The van der Waals surface area contributed by atoms with E-state index < -0.39 is 11.7 Å². The summed E-state index contributed by atoms with van der Waals surface area (Å²) in [6.45, 7) is 0. The standard InChI is InChI=1S/C19H9F3N2/c20-19(21,22)18-3-1-2-12(9-18)13-4-5-14-7-16(10-23)17(11-24)8-15(14)6-13/h1-9H. The largest absolute Gasteiger partial charge is 0.416 e. The van der Waals surface area contributed by atoms with E-state index in [0.717, 1.165) is 17.5 Å². The number of halogens is 3. The molecular formula is C19H9F3N2. The van der Waals surface area contributed by atoms with Crippen molar-refractivity contribution in [2.24, 2.45) is 0 Å². The van der Waals surface area contributed by atoms with Crippen LogP contribution in [0.5, 0.6) is 0 Å². The Balaban J connectivity index is 2.15. The molecule has 116 valence electrons. The fourth-order valence-corrected chi connectivity index (χ4v) is 2.54. The lowest BCUT2D eigenvalue weighted by molar-refractivity contribution is -0.137. The van der Waals surface area contributed by atoms with Crippen LogP contribution in [0.15, 0.2) is 54.6 Å². The van der Waals surface area contributed by atoms with Gasteiger partial charge in [-0.15, -0.1) is 0 Å². The summed E-state index contributed by atoms with van der Waals surface area (Å²) >= 11 is 0. The highest BCUT2D eigenvalue weighted by Crippen LogP contribution is 2.33. The zero-order valence-corrected chi connectivity index (χ0v) is 12.2. The molecule has 0 fully saturated rings. The predicted molar refractivity (Wildman–Crippen MR) is 83.8 cm³/mol. The molecule has 5 heteroatoms. The van der Waals surface area contributed by atoms with Crippen LogP contribution in [0.3, 0.4) is 0 Å². The van der Waals surface area contributed by atoms with Crippen LogP contribution in [-0.4, -0.2) is 0 Å². The van der Waals surface area contributed by atoms with Crippen LogP contribution in [0.1, 0.15) is 16.7 Å². The summed E-state index contributed by atoms with van der Waals surface area (Å²) < 4.78 is 38.6. The highest BCUT2D eigenvalue weighted by atomic mass is 19.4. The summed E-state index contributed by atoms with van der Waals surface area (Å²) in [6.07, 6.45) is -4.40. The van der Waals surface area contributed by atoms with Crippen molar-refractivity contribution in [1.82, 2.24) is 0 Å². The van der Waals surface area contributed by atoms with E-state index in [1.54, 1.807) is 36.4 Å². The summed E-state index contributed by atoms with van der Waals surface area (Å²) in [5.74, 6) is 0. The second kappa shape index (κ2) is 5.72. The molecule has 0 radical (unpaired) electrons. The third kappa shape index (κ3) is 2.80. The quantitative estimate of drug-likeness (QED) is 0.613. The Bertz CT molecular complexity index is 1020. The van der Waals surface area contributed by atoms with Crippen molar-refractivity contribution >= 4 is 10.8 Å². The zero-order chi connectivity index (χ0) is 17.3. The highest BCUT2D eigenvalue weighted by molar-refractivity contribution is 5.89. The van der Waals surface area contributed by atoms with Gasteiger partial charge in [0, 0.05) is 0 Å². The molecule has 0 spiro atoms. The number of nitriles is 2. The summed E-state index contributed by atoms with van der Waals surface area (Å²) in [4.78, 5) is 0. The van der Waals surface area contributed by atoms with Gasteiger partial charge in [-0.2, -0.15) is 23.7 Å². The van der Waals surface area contributed by atoms with E-state index in [1.165, 1.54) is 6.07 Å². The van der Waals surface area contributed by atoms with Gasteiger partial charge in [0.25, 0.3) is 0 Å². The first kappa shape index (κ1) is 15.6. The lowest BCUT2D eigenvalue weighted by Gasteiger charge is -2.10. The van der Waals surface area contributed by atoms with Crippen LogP contribution in [0.2, 0.25) is 0 Å². The molecule has 0 aliphatic carbocycles. The number of fused-ring (bicyclic) bond motifs is 1. The van der Waals surface area contributed by atoms with Gasteiger partial charge in [-0.25, -0.2) is 0 Å². The molecule has 24 heavy (non-hydrogen) atoms. The molecular weight excluding hydrogens is 313 g/mol. The molecule has 0 saturated heterocycles. The summed E-state index contributed by atoms with van der Waals surface area (Å²) in [5, 5.41) is 19.6. The van der Waals surface area contributed by atoms with E-state index in [4.69, 9.17) is 10.5 Å². The average Bonchev–Trinajstić information content (AvgIpc) is 2.59. The second-order valence-electron chi connectivity index (χ2n) is 5.26. The molecule has 0 aliphatic heterocycles. The fraction of sp³-hybridized carbons (Fsp3) is 0.0526. The first-order valence-electron chi connectivity index (χ1n) is 6.98. The van der Waals surface area contributed by atoms with E-state index in [0.29, 0.717) is 16.5 Å². The van der Waals surface area contributed by atoms with Crippen LogP contribution >= 0.6 is 0 Å². The van der Waals surface area contributed by atoms with Gasteiger partial charge in [0.1, 0.15) is 12.1 Å². The monoisotopic (exact) mass is 322 g/mol. The third-order valence-corrected chi connectivity index (χ3v) is 3.74. The molecule has 0 aliphatic rings. The van der Waals surface area contributed by atoms with Gasteiger partial charge in [0.2, 0.25) is 0 Å². The van der Waals surface area contributed by atoms with Crippen molar-refractivity contribution in [2.45, 2.75) is 6.18 Å². The smallest absolute Gasteiger partial charge is 0.192 e. The van der Waals surface area contributed by atoms with Gasteiger partial charge in [-0.1, -0.05) is 24.3 Å². The molecule has 2 nitrogen and oxygen atoms in total. The van der Waals surface area contributed by atoms with Crippen LogP contribution in [0.4, 0.5) is 13.2 Å². The molecule has 0 unspecified atom stereocenters. The molecule has 0 bridgehead atoms. The minimum Gasteiger partial charge on any atom is -0.192 e. The van der Waals surface area contributed by atoms with Gasteiger partial charge < -0.3 is 0 Å². The van der Waals surface area contributed by atoms with Gasteiger partial charge in [-0.3, -0.25) is 0 Å². The second-order valence-corrected chi connectivity index (χ2v) is 5.26. The molecule has 0 amide bonds. The topological polar surface area (TPSA) is 47.6 Å². The minimum absolute atomic E-state index is 0.242. The van der Waals surface area contributed by atoms with Crippen LogP contribution in [0.25, 0.3) is 21.9 Å². The Kier molecular flexibility index (Phi) is 3.71. The number of rotatable bonds is 1. The third-order valence-electron chi connectivity index (χ3n) is 3.74. The van der Waals surface area contributed by atoms with Gasteiger partial charge in [-0.05, 0) is 52.2 Å². The Morgan fingerprint density at radius 3 is 1.96 bits per heavy atom. The normalized spacial score (nSPS) is 11.0. The van der Waals surface area contributed by atoms with Crippen LogP contribution in [-0.2, 0) is 6.18 Å². The Hall–Kier alpha value is -3.31. The molecule has 0 atom stereocenters. The van der Waals surface area contributed by atoms with E-state index >= 15 is 0 Å². The molecule has 0 aromatic heterocycles. The Morgan fingerprint density at radius 1 is 0.708 bits per heavy atom. The molecule has 0 saturated carbocycles. The maximum atomic E-state index is 12.9. The van der Waals surface area contributed by atoms with Crippen molar-refractivity contribution in [3.63, 3.8) is 0 Å². The van der Waals surface area contributed by atoms with E-state index in [9.17, 15) is 13.2 Å². The number of benzene rings is 3. The van der Waals surface area contributed by atoms with E-state index in [1.807, 2.05) is 12.1 Å². The lowest BCUT2D eigenvalue weighted by atomic mass is 9.97. The minimum atomic E-state index is -4.40. The van der Waals surface area contributed by atoms with E-state index in [-0.39, 0.29) is 11.1 Å². The number of nitrogens with zero attached hydrogens (tertiary/aromatic N) is 2. The van der Waals surface area contributed by atoms with Crippen LogP contribution in [0, 0.1) is 22.7 Å². The Morgan fingerprint density at radius 2 is 1.33 bits per heavy atom. The first-order valence-corrected chi connectivity index (χ1v) is 6.98. The van der Waals surface area contributed by atoms with Crippen LogP contribution < -0.4 is 0 Å². The van der Waals surface area contributed by atoms with E-state index in [2.05, 4.69) is 0 Å². The van der Waals surface area contributed by atoms with Crippen molar-refractivity contribution in [2.75, 3.05) is 0 Å². The molecule has 0 N–H and O–H groups in total. The van der Waals surface area contributed by atoms with Crippen molar-refractivity contribution < 1.29 is 13.2 Å². The maximum absolute atomic E-state index is 12.9. The number of alkyl halides is 3. The average molecular weight is 322 g/mol. The highest BCUT2D eigenvalue weighted by Gasteiger charge is 2.30. The number of hydrogen-bond donors (Lipinski definition) is 0. The molecule has 0 heterocycles. The fourth-order valence-electron chi connectivity index (χ4n) is 2.54. The van der Waals surface area contributed by atoms with Crippen molar-refractivity contribution in [3.05, 3.63) is 71.3 Å². The van der Waals surface area contributed by atoms with Gasteiger partial charge in [0.05, 0.1) is 16.7 Å². The molecule has 3 rings (SSSR count). The summed E-state index contributed by atoms with van der Waals surface area (Å²) in [6, 6.07) is 17.3. The zero-order valence-electron chi connectivity index (χ0n) is 12.2. The summed E-state index contributed by atoms with van der Waals surface area (Å²) in [5.41, 5.74) is 0.859. The van der Waals surface area contributed by atoms with Crippen molar-refractivity contribution in [1.29, 1.82) is 10.5 Å². The number of hydrogen-bond acceptors (Lipinski definition) is 2. The van der Waals surface area contributed by atoms with Gasteiger partial charge in [0.15, 0.2) is 0 Å². The molecule has 3 aromatic rings. The Labute approximate surface area is 136 Å². The van der Waals surface area contributed by atoms with Crippen molar-refractivity contribution in [3.8, 4) is 23.3 Å². The summed E-state index contributed by atoms with van der Waals surface area (Å²) in [7, 11) is 0.